The minimum Gasteiger partial charge on any atom is -0.315 e. The average molecular weight is 211 g/mol. The second-order valence-electron chi connectivity index (χ2n) is 3.34. The first-order valence-electron chi connectivity index (χ1n) is 4.92. The van der Waals surface area contributed by atoms with Crippen LogP contribution in [-0.4, -0.2) is 28.3 Å². The zero-order chi connectivity index (χ0) is 10.2. The summed E-state index contributed by atoms with van der Waals surface area (Å²) in [6, 6.07) is 2.41. The van der Waals surface area contributed by atoms with Crippen LogP contribution in [0.5, 0.6) is 0 Å². The summed E-state index contributed by atoms with van der Waals surface area (Å²) in [4.78, 5) is 8.29. The fourth-order valence-corrected chi connectivity index (χ4v) is 1.73. The van der Waals surface area contributed by atoms with Gasteiger partial charge in [-0.15, -0.1) is 0 Å². The molecule has 0 bridgehead atoms. The summed E-state index contributed by atoms with van der Waals surface area (Å²) in [6.45, 7) is 5.39. The highest BCUT2D eigenvalue weighted by atomic mass is 32.2. The molecule has 0 atom stereocenters. The summed E-state index contributed by atoms with van der Waals surface area (Å²) in [6.07, 6.45) is 4.71. The number of thioether (sulfide) groups is 1. The van der Waals surface area contributed by atoms with Crippen LogP contribution in [0.15, 0.2) is 23.6 Å². The SMILES string of the molecule is CC(C)NCCCSc1ncccn1. The molecule has 0 unspecified atom stereocenters. The second-order valence-corrected chi connectivity index (χ2v) is 4.40. The first-order valence-corrected chi connectivity index (χ1v) is 5.91. The third kappa shape index (κ3) is 5.19. The van der Waals surface area contributed by atoms with Gasteiger partial charge in [-0.1, -0.05) is 25.6 Å². The molecule has 3 nitrogen and oxygen atoms in total. The van der Waals surface area contributed by atoms with E-state index < -0.39 is 0 Å². The Morgan fingerprint density at radius 3 is 2.71 bits per heavy atom. The maximum atomic E-state index is 4.14. The summed E-state index contributed by atoms with van der Waals surface area (Å²) in [7, 11) is 0. The number of nitrogens with one attached hydrogen (secondary N) is 1. The predicted octanol–water partition coefficient (Wildman–Crippen LogP) is 1.96. The van der Waals surface area contributed by atoms with E-state index in [2.05, 4.69) is 29.1 Å². The van der Waals surface area contributed by atoms with E-state index in [1.54, 1.807) is 24.2 Å². The van der Waals surface area contributed by atoms with Crippen LogP contribution in [0.4, 0.5) is 0 Å². The highest BCUT2D eigenvalue weighted by Gasteiger charge is 1.96. The van der Waals surface area contributed by atoms with Gasteiger partial charge in [0.25, 0.3) is 0 Å². The molecule has 1 N–H and O–H groups in total. The fourth-order valence-electron chi connectivity index (χ4n) is 0.986. The molecule has 0 aliphatic rings. The van der Waals surface area contributed by atoms with Gasteiger partial charge >= 0.3 is 0 Å². The van der Waals surface area contributed by atoms with Crippen LogP contribution in [-0.2, 0) is 0 Å². The molecule has 1 aromatic heterocycles. The van der Waals surface area contributed by atoms with Crippen molar-refractivity contribution in [3.63, 3.8) is 0 Å². The molecule has 0 saturated heterocycles. The van der Waals surface area contributed by atoms with Crippen molar-refractivity contribution in [2.24, 2.45) is 0 Å². The largest absolute Gasteiger partial charge is 0.315 e. The van der Waals surface area contributed by atoms with Crippen molar-refractivity contribution in [3.05, 3.63) is 18.5 Å². The van der Waals surface area contributed by atoms with Crippen molar-refractivity contribution in [2.45, 2.75) is 31.5 Å². The van der Waals surface area contributed by atoms with E-state index in [4.69, 9.17) is 0 Å². The fraction of sp³-hybridized carbons (Fsp3) is 0.600. The number of aromatic nitrogens is 2. The van der Waals surface area contributed by atoms with Crippen LogP contribution in [0.25, 0.3) is 0 Å². The van der Waals surface area contributed by atoms with Crippen LogP contribution in [0.1, 0.15) is 20.3 Å². The van der Waals surface area contributed by atoms with E-state index in [9.17, 15) is 0 Å². The summed E-state index contributed by atoms with van der Waals surface area (Å²) in [5.74, 6) is 1.07. The molecular weight excluding hydrogens is 194 g/mol. The zero-order valence-electron chi connectivity index (χ0n) is 8.73. The summed E-state index contributed by atoms with van der Waals surface area (Å²) >= 11 is 1.71. The van der Waals surface area contributed by atoms with Crippen molar-refractivity contribution in [3.8, 4) is 0 Å². The van der Waals surface area contributed by atoms with E-state index in [-0.39, 0.29) is 0 Å². The van der Waals surface area contributed by atoms with Crippen LogP contribution in [0.3, 0.4) is 0 Å². The summed E-state index contributed by atoms with van der Waals surface area (Å²) < 4.78 is 0. The Bertz CT molecular complexity index is 238. The first kappa shape index (κ1) is 11.5. The van der Waals surface area contributed by atoms with Gasteiger partial charge in [0, 0.05) is 24.2 Å². The molecule has 78 valence electrons. The van der Waals surface area contributed by atoms with Crippen molar-refractivity contribution in [2.75, 3.05) is 12.3 Å². The van der Waals surface area contributed by atoms with E-state index in [1.807, 2.05) is 6.07 Å². The molecule has 1 heterocycles. The van der Waals surface area contributed by atoms with Gasteiger partial charge in [-0.25, -0.2) is 9.97 Å². The van der Waals surface area contributed by atoms with Gasteiger partial charge in [-0.05, 0) is 19.0 Å². The quantitative estimate of drug-likeness (QED) is 0.443. The molecule has 1 aromatic rings. The number of nitrogens with zero attached hydrogens (tertiary/aromatic N) is 2. The first-order chi connectivity index (χ1) is 6.79. The number of rotatable bonds is 6. The normalized spacial score (nSPS) is 10.8. The molecule has 1 rings (SSSR count). The van der Waals surface area contributed by atoms with E-state index >= 15 is 0 Å². The second kappa shape index (κ2) is 6.79. The zero-order valence-corrected chi connectivity index (χ0v) is 9.55. The van der Waals surface area contributed by atoms with Crippen LogP contribution >= 0.6 is 11.8 Å². The van der Waals surface area contributed by atoms with Crippen molar-refractivity contribution in [1.29, 1.82) is 0 Å². The van der Waals surface area contributed by atoms with E-state index in [0.717, 1.165) is 23.9 Å². The maximum Gasteiger partial charge on any atom is 0.187 e. The topological polar surface area (TPSA) is 37.8 Å². The molecule has 14 heavy (non-hydrogen) atoms. The lowest BCUT2D eigenvalue weighted by Gasteiger charge is -2.06. The Kier molecular flexibility index (Phi) is 5.56. The Morgan fingerprint density at radius 2 is 2.07 bits per heavy atom. The predicted molar refractivity (Wildman–Crippen MR) is 60.5 cm³/mol. The van der Waals surface area contributed by atoms with Gasteiger partial charge < -0.3 is 5.32 Å². The Hall–Kier alpha value is -0.610. The molecule has 0 amide bonds. The van der Waals surface area contributed by atoms with Gasteiger partial charge in [0.05, 0.1) is 0 Å². The monoisotopic (exact) mass is 211 g/mol. The highest BCUT2D eigenvalue weighted by Crippen LogP contribution is 2.11. The van der Waals surface area contributed by atoms with Gasteiger partial charge in [0.1, 0.15) is 0 Å². The van der Waals surface area contributed by atoms with Crippen molar-refractivity contribution >= 4 is 11.8 Å². The third-order valence-corrected chi connectivity index (χ3v) is 2.61. The Balaban J connectivity index is 2.05. The van der Waals surface area contributed by atoms with Crippen LogP contribution in [0.2, 0.25) is 0 Å². The molecule has 0 spiro atoms. The molecule has 0 aliphatic heterocycles. The summed E-state index contributed by atoms with van der Waals surface area (Å²) in [5, 5.41) is 4.25. The Labute approximate surface area is 89.7 Å². The molecule has 0 saturated carbocycles. The molecule has 0 aliphatic carbocycles. The standard InChI is InChI=1S/C10H17N3S/c1-9(2)11-7-4-8-14-10-12-5-3-6-13-10/h3,5-6,9,11H,4,7-8H2,1-2H3. The minimum absolute atomic E-state index is 0.577. The van der Waals surface area contributed by atoms with Gasteiger partial charge in [-0.3, -0.25) is 0 Å². The lowest BCUT2D eigenvalue weighted by molar-refractivity contribution is 0.585. The summed E-state index contributed by atoms with van der Waals surface area (Å²) in [5.41, 5.74) is 0. The van der Waals surface area contributed by atoms with Gasteiger partial charge in [-0.2, -0.15) is 0 Å². The smallest absolute Gasteiger partial charge is 0.187 e. The Morgan fingerprint density at radius 1 is 1.36 bits per heavy atom. The molecule has 4 heteroatoms. The van der Waals surface area contributed by atoms with Crippen LogP contribution < -0.4 is 5.32 Å². The lowest BCUT2D eigenvalue weighted by atomic mass is 10.4. The number of hydrogen-bond acceptors (Lipinski definition) is 4. The molecular formula is C10H17N3S. The van der Waals surface area contributed by atoms with Gasteiger partial charge in [0.2, 0.25) is 0 Å². The maximum absolute atomic E-state index is 4.14. The average Bonchev–Trinajstić information content (AvgIpc) is 2.18. The molecule has 0 radical (unpaired) electrons. The van der Waals surface area contributed by atoms with Crippen LogP contribution in [0, 0.1) is 0 Å². The van der Waals surface area contributed by atoms with E-state index in [0.29, 0.717) is 6.04 Å². The van der Waals surface area contributed by atoms with Crippen molar-refractivity contribution in [1.82, 2.24) is 15.3 Å². The highest BCUT2D eigenvalue weighted by molar-refractivity contribution is 7.99. The third-order valence-electron chi connectivity index (χ3n) is 1.65. The van der Waals surface area contributed by atoms with Crippen molar-refractivity contribution < 1.29 is 0 Å². The molecule has 0 fully saturated rings. The minimum atomic E-state index is 0.577. The van der Waals surface area contributed by atoms with E-state index in [1.165, 1.54) is 0 Å². The van der Waals surface area contributed by atoms with Gasteiger partial charge in [0.15, 0.2) is 5.16 Å². The molecule has 0 aromatic carbocycles. The lowest BCUT2D eigenvalue weighted by Crippen LogP contribution is -2.23. The number of hydrogen-bond donors (Lipinski definition) is 1.